The largest absolute Gasteiger partial charge is 0.502 e. The van der Waals surface area contributed by atoms with Crippen LogP contribution in [0.25, 0.3) is 11.3 Å². The Bertz CT molecular complexity index is 911. The standard InChI is InChI=1S/C15H20BN5O2/c1-9-11(16-22-14(3,4)15(5,6)23-16)10(2)21-19-12-13(20(9)21)18-8-7-17-12/h7-8H,1-6H3. The molecule has 0 bridgehead atoms. The maximum Gasteiger partial charge on any atom is 0.502 e. The van der Waals surface area contributed by atoms with Crippen molar-refractivity contribution in [1.29, 1.82) is 0 Å². The second-order valence-corrected chi connectivity index (χ2v) is 7.08. The van der Waals surface area contributed by atoms with Crippen molar-refractivity contribution in [3.63, 3.8) is 0 Å². The van der Waals surface area contributed by atoms with E-state index in [9.17, 15) is 0 Å². The highest BCUT2D eigenvalue weighted by Gasteiger charge is 2.54. The van der Waals surface area contributed by atoms with E-state index in [1.54, 1.807) is 12.4 Å². The van der Waals surface area contributed by atoms with Gasteiger partial charge in [0.2, 0.25) is 5.69 Å². The van der Waals surface area contributed by atoms with E-state index in [0.29, 0.717) is 5.65 Å². The van der Waals surface area contributed by atoms with Crippen molar-refractivity contribution in [1.82, 2.24) is 19.6 Å². The third-order valence-corrected chi connectivity index (χ3v) is 5.13. The van der Waals surface area contributed by atoms with Crippen molar-refractivity contribution >= 4 is 23.9 Å². The molecule has 0 radical (unpaired) electrons. The average molecular weight is 313 g/mol. The molecule has 4 heterocycles. The highest BCUT2D eigenvalue weighted by atomic mass is 16.7. The average Bonchev–Trinajstić information content (AvgIpc) is 3.01. The Morgan fingerprint density at radius 1 is 1.09 bits per heavy atom. The van der Waals surface area contributed by atoms with E-state index in [1.807, 2.05) is 23.0 Å². The smallest absolute Gasteiger partial charge is 0.399 e. The minimum absolute atomic E-state index is 0.373. The van der Waals surface area contributed by atoms with E-state index in [-0.39, 0.29) is 11.2 Å². The molecule has 7 nitrogen and oxygen atoms in total. The molecule has 1 fully saturated rings. The Labute approximate surface area is 134 Å². The fourth-order valence-corrected chi connectivity index (χ4v) is 3.08. The fourth-order valence-electron chi connectivity index (χ4n) is 3.08. The van der Waals surface area contributed by atoms with Gasteiger partial charge in [-0.1, -0.05) is 4.63 Å². The second kappa shape index (κ2) is 4.33. The number of hydrogen-bond donors (Lipinski definition) is 0. The van der Waals surface area contributed by atoms with Gasteiger partial charge in [-0.15, -0.1) is 5.10 Å². The van der Waals surface area contributed by atoms with Crippen LogP contribution in [0.2, 0.25) is 0 Å². The van der Waals surface area contributed by atoms with E-state index in [2.05, 4.69) is 42.8 Å². The normalized spacial score (nSPS) is 20.0. The first kappa shape index (κ1) is 14.7. The molecule has 120 valence electrons. The molecular formula is C15H20BN5O2. The third kappa shape index (κ3) is 1.82. The van der Waals surface area contributed by atoms with Crippen molar-refractivity contribution in [3.05, 3.63) is 23.8 Å². The Hall–Kier alpha value is -1.93. The maximum absolute atomic E-state index is 6.21. The number of hydrogen-bond acceptors (Lipinski definition) is 4. The van der Waals surface area contributed by atoms with Gasteiger partial charge in [-0.2, -0.15) is 4.52 Å². The highest BCUT2D eigenvalue weighted by molar-refractivity contribution is 6.63. The van der Waals surface area contributed by atoms with Crippen molar-refractivity contribution in [2.45, 2.75) is 52.7 Å². The van der Waals surface area contributed by atoms with Crippen molar-refractivity contribution < 1.29 is 13.9 Å². The minimum atomic E-state index is -0.416. The zero-order chi connectivity index (χ0) is 16.6. The Balaban J connectivity index is 1.92. The van der Waals surface area contributed by atoms with Gasteiger partial charge in [-0.3, -0.25) is 0 Å². The summed E-state index contributed by atoms with van der Waals surface area (Å²) in [6.07, 6.45) is 3.32. The predicted molar refractivity (Wildman–Crippen MR) is 84.7 cm³/mol. The first-order chi connectivity index (χ1) is 10.7. The third-order valence-electron chi connectivity index (χ3n) is 5.13. The van der Waals surface area contributed by atoms with E-state index in [0.717, 1.165) is 22.5 Å². The molecule has 0 atom stereocenters. The molecule has 0 amide bonds. The summed E-state index contributed by atoms with van der Waals surface area (Å²) in [6.45, 7) is 12.3. The Morgan fingerprint density at radius 3 is 2.35 bits per heavy atom. The summed E-state index contributed by atoms with van der Waals surface area (Å²) in [5, 5.41) is 4.54. The SMILES string of the molecule is Cc1c(B2OC(C)(C)C(C)(C)O2)c(C)[n+]2[n-]c3nccnc3n12. The quantitative estimate of drug-likeness (QED) is 0.479. The topological polar surface area (TPSA) is 66.9 Å². The Kier molecular flexibility index (Phi) is 2.76. The number of aromatic nitrogens is 5. The van der Waals surface area contributed by atoms with Crippen molar-refractivity contribution in [2.24, 2.45) is 0 Å². The summed E-state index contributed by atoms with van der Waals surface area (Å²) >= 11 is 0. The highest BCUT2D eigenvalue weighted by Crippen LogP contribution is 2.36. The van der Waals surface area contributed by atoms with Crippen LogP contribution in [-0.4, -0.2) is 32.8 Å². The van der Waals surface area contributed by atoms with Gasteiger partial charge in [0.05, 0.1) is 16.7 Å². The lowest BCUT2D eigenvalue weighted by atomic mass is 9.77. The molecule has 23 heavy (non-hydrogen) atoms. The molecule has 3 aromatic rings. The lowest BCUT2D eigenvalue weighted by Gasteiger charge is -2.32. The molecule has 0 spiro atoms. The molecule has 3 aromatic heterocycles. The summed E-state index contributed by atoms with van der Waals surface area (Å²) < 4.78 is 16.2. The molecule has 0 aliphatic carbocycles. The van der Waals surface area contributed by atoms with Gasteiger partial charge in [-0.05, 0) is 40.8 Å². The molecule has 0 N–H and O–H groups in total. The molecule has 8 heteroatoms. The molecule has 0 unspecified atom stereocenters. The first-order valence-electron chi connectivity index (χ1n) is 7.76. The van der Waals surface area contributed by atoms with E-state index < -0.39 is 7.12 Å². The number of aryl methyl sites for hydroxylation is 2. The van der Waals surface area contributed by atoms with Gasteiger partial charge >= 0.3 is 7.12 Å². The molecule has 1 saturated heterocycles. The van der Waals surface area contributed by atoms with Gasteiger partial charge < -0.3 is 14.3 Å². The van der Waals surface area contributed by atoms with Crippen molar-refractivity contribution in [3.8, 4) is 0 Å². The van der Waals surface area contributed by atoms with E-state index in [4.69, 9.17) is 9.31 Å². The lowest BCUT2D eigenvalue weighted by molar-refractivity contribution is -0.680. The molecule has 4 rings (SSSR count). The molecule has 0 saturated carbocycles. The van der Waals surface area contributed by atoms with Crippen LogP contribution in [0.5, 0.6) is 0 Å². The van der Waals surface area contributed by atoms with Gasteiger partial charge in [0, 0.05) is 18.8 Å². The van der Waals surface area contributed by atoms with Gasteiger partial charge in [0.25, 0.3) is 0 Å². The second-order valence-electron chi connectivity index (χ2n) is 7.08. The van der Waals surface area contributed by atoms with Crippen LogP contribution < -0.4 is 15.2 Å². The van der Waals surface area contributed by atoms with Crippen LogP contribution in [0.4, 0.5) is 0 Å². The maximum atomic E-state index is 6.21. The van der Waals surface area contributed by atoms with Crippen LogP contribution in [0, 0.1) is 13.8 Å². The van der Waals surface area contributed by atoms with Gasteiger partial charge in [-0.25, -0.2) is 4.98 Å². The van der Waals surface area contributed by atoms with Crippen LogP contribution >= 0.6 is 0 Å². The van der Waals surface area contributed by atoms with Crippen LogP contribution in [-0.2, 0) is 9.31 Å². The summed E-state index contributed by atoms with van der Waals surface area (Å²) in [5.41, 5.74) is 3.59. The first-order valence-corrected chi connectivity index (χ1v) is 7.76. The fraction of sp³-hybridized carbons (Fsp3) is 0.533. The summed E-state index contributed by atoms with van der Waals surface area (Å²) in [5.74, 6) is 0. The summed E-state index contributed by atoms with van der Waals surface area (Å²) in [7, 11) is -0.416. The van der Waals surface area contributed by atoms with Crippen LogP contribution in [0.1, 0.15) is 39.1 Å². The van der Waals surface area contributed by atoms with E-state index in [1.165, 1.54) is 0 Å². The molecule has 1 aliphatic heterocycles. The monoisotopic (exact) mass is 313 g/mol. The summed E-state index contributed by atoms with van der Waals surface area (Å²) in [6, 6.07) is 0. The van der Waals surface area contributed by atoms with Crippen LogP contribution in [0.3, 0.4) is 0 Å². The Morgan fingerprint density at radius 2 is 1.70 bits per heavy atom. The molecule has 1 aliphatic rings. The van der Waals surface area contributed by atoms with Gasteiger partial charge in [0.1, 0.15) is 5.65 Å². The number of fused-ring (bicyclic) bond motifs is 3. The van der Waals surface area contributed by atoms with Crippen molar-refractivity contribution in [2.75, 3.05) is 0 Å². The summed E-state index contributed by atoms with van der Waals surface area (Å²) in [4.78, 5) is 8.67. The number of nitrogens with zero attached hydrogens (tertiary/aromatic N) is 5. The lowest BCUT2D eigenvalue weighted by Crippen LogP contribution is -2.41. The predicted octanol–water partition coefficient (Wildman–Crippen LogP) is 0.341. The van der Waals surface area contributed by atoms with E-state index >= 15 is 0 Å². The molecule has 0 aromatic carbocycles. The zero-order valence-electron chi connectivity index (χ0n) is 14.3. The van der Waals surface area contributed by atoms with Crippen LogP contribution in [0.15, 0.2) is 12.4 Å². The molecular weight excluding hydrogens is 293 g/mol. The minimum Gasteiger partial charge on any atom is -0.399 e. The van der Waals surface area contributed by atoms with Gasteiger partial charge in [0.15, 0.2) is 5.65 Å². The zero-order valence-corrected chi connectivity index (χ0v) is 14.3. The number of rotatable bonds is 1.